The van der Waals surface area contributed by atoms with Crippen LogP contribution >= 0.6 is 0 Å². The van der Waals surface area contributed by atoms with E-state index in [-0.39, 0.29) is 17.6 Å². The van der Waals surface area contributed by atoms with Crippen molar-refractivity contribution in [2.75, 3.05) is 12.4 Å². The highest BCUT2D eigenvalue weighted by Gasteiger charge is 2.25. The maximum absolute atomic E-state index is 13.3. The Balaban J connectivity index is 2.03. The van der Waals surface area contributed by atoms with Crippen molar-refractivity contribution in [2.45, 2.75) is 19.3 Å². The lowest BCUT2D eigenvalue weighted by atomic mass is 9.85. The van der Waals surface area contributed by atoms with Gasteiger partial charge in [0.25, 0.3) is 0 Å². The van der Waals surface area contributed by atoms with E-state index in [0.717, 1.165) is 19.3 Å². The smallest absolute Gasteiger partial charge is 0.227 e. The highest BCUT2D eigenvalue weighted by molar-refractivity contribution is 5.93. The van der Waals surface area contributed by atoms with E-state index in [4.69, 9.17) is 4.74 Å². The Bertz CT molecular complexity index is 402. The molecular formula is C12H14FNO2. The van der Waals surface area contributed by atoms with Crippen molar-refractivity contribution < 1.29 is 13.9 Å². The predicted molar refractivity (Wildman–Crippen MR) is 58.9 cm³/mol. The summed E-state index contributed by atoms with van der Waals surface area (Å²) in [6.07, 6.45) is 2.98. The number of ether oxygens (including phenoxy) is 1. The number of carbonyl (C=O) groups is 1. The van der Waals surface area contributed by atoms with Gasteiger partial charge in [-0.05, 0) is 25.0 Å². The molecule has 16 heavy (non-hydrogen) atoms. The number of nitrogens with one attached hydrogen (secondary N) is 1. The average Bonchev–Trinajstić information content (AvgIpc) is 2.15. The summed E-state index contributed by atoms with van der Waals surface area (Å²) in [4.78, 5) is 11.6. The molecule has 4 heteroatoms. The summed E-state index contributed by atoms with van der Waals surface area (Å²) in [7, 11) is 1.41. The zero-order valence-corrected chi connectivity index (χ0v) is 9.13. The number of hydrogen-bond donors (Lipinski definition) is 1. The fraction of sp³-hybridized carbons (Fsp3) is 0.417. The molecule has 1 fully saturated rings. The molecule has 1 saturated carbocycles. The van der Waals surface area contributed by atoms with Gasteiger partial charge in [0, 0.05) is 17.7 Å². The minimum absolute atomic E-state index is 0.0178. The minimum atomic E-state index is -0.464. The molecule has 0 spiro atoms. The molecule has 0 bridgehead atoms. The zero-order chi connectivity index (χ0) is 11.5. The Morgan fingerprint density at radius 3 is 2.75 bits per heavy atom. The summed E-state index contributed by atoms with van der Waals surface area (Å²) in [5.41, 5.74) is 0.482. The van der Waals surface area contributed by atoms with Crippen molar-refractivity contribution in [3.8, 4) is 5.75 Å². The van der Waals surface area contributed by atoms with E-state index < -0.39 is 5.82 Å². The summed E-state index contributed by atoms with van der Waals surface area (Å²) in [5.74, 6) is -0.198. The van der Waals surface area contributed by atoms with Gasteiger partial charge >= 0.3 is 0 Å². The molecule has 1 N–H and O–H groups in total. The third-order valence-electron chi connectivity index (χ3n) is 2.90. The van der Waals surface area contributed by atoms with Gasteiger partial charge in [-0.2, -0.15) is 0 Å². The van der Waals surface area contributed by atoms with E-state index in [2.05, 4.69) is 5.32 Å². The summed E-state index contributed by atoms with van der Waals surface area (Å²) in [6, 6.07) is 4.42. The highest BCUT2D eigenvalue weighted by Crippen LogP contribution is 2.28. The molecule has 0 atom stereocenters. The monoisotopic (exact) mass is 223 g/mol. The number of amides is 1. The first-order valence-corrected chi connectivity index (χ1v) is 5.35. The van der Waals surface area contributed by atoms with Crippen molar-refractivity contribution in [2.24, 2.45) is 5.92 Å². The molecule has 1 amide bonds. The molecule has 1 aliphatic rings. The average molecular weight is 223 g/mol. The van der Waals surface area contributed by atoms with Gasteiger partial charge in [-0.15, -0.1) is 0 Å². The molecule has 86 valence electrons. The van der Waals surface area contributed by atoms with Crippen molar-refractivity contribution in [1.29, 1.82) is 0 Å². The molecule has 3 nitrogen and oxygen atoms in total. The maximum atomic E-state index is 13.3. The summed E-state index contributed by atoms with van der Waals surface area (Å²) in [6.45, 7) is 0. The standard InChI is InChI=1S/C12H14FNO2/c1-16-11-6-5-9(7-10(11)13)14-12(15)8-3-2-4-8/h5-8H,2-4H2,1H3,(H,14,15). The highest BCUT2D eigenvalue weighted by atomic mass is 19.1. The number of hydrogen-bond acceptors (Lipinski definition) is 2. The summed E-state index contributed by atoms with van der Waals surface area (Å²) >= 11 is 0. The Morgan fingerprint density at radius 1 is 1.50 bits per heavy atom. The van der Waals surface area contributed by atoms with Gasteiger partial charge in [0.2, 0.25) is 5.91 Å². The molecule has 1 aromatic rings. The third kappa shape index (κ3) is 2.15. The fourth-order valence-corrected chi connectivity index (χ4v) is 1.66. The van der Waals surface area contributed by atoms with Gasteiger partial charge in [-0.1, -0.05) is 6.42 Å². The Morgan fingerprint density at radius 2 is 2.25 bits per heavy atom. The molecule has 1 aliphatic carbocycles. The van der Waals surface area contributed by atoms with E-state index in [9.17, 15) is 9.18 Å². The van der Waals surface area contributed by atoms with Gasteiger partial charge in [0.1, 0.15) is 0 Å². The van der Waals surface area contributed by atoms with Crippen molar-refractivity contribution in [3.63, 3.8) is 0 Å². The topological polar surface area (TPSA) is 38.3 Å². The number of benzene rings is 1. The first-order valence-electron chi connectivity index (χ1n) is 5.35. The largest absolute Gasteiger partial charge is 0.494 e. The van der Waals surface area contributed by atoms with Crippen LogP contribution < -0.4 is 10.1 Å². The summed E-state index contributed by atoms with van der Waals surface area (Å²) in [5, 5.41) is 2.70. The van der Waals surface area contributed by atoms with E-state index in [1.165, 1.54) is 19.2 Å². The Kier molecular flexibility index (Phi) is 3.08. The fourth-order valence-electron chi connectivity index (χ4n) is 1.66. The Labute approximate surface area is 93.6 Å². The number of rotatable bonds is 3. The van der Waals surface area contributed by atoms with E-state index in [1.807, 2.05) is 0 Å². The van der Waals surface area contributed by atoms with Crippen LogP contribution in [-0.4, -0.2) is 13.0 Å². The van der Waals surface area contributed by atoms with Crippen LogP contribution in [0.5, 0.6) is 5.75 Å². The van der Waals surface area contributed by atoms with Gasteiger partial charge in [0.05, 0.1) is 7.11 Å². The predicted octanol–water partition coefficient (Wildman–Crippen LogP) is 2.57. The van der Waals surface area contributed by atoms with Crippen molar-refractivity contribution >= 4 is 11.6 Å². The molecule has 0 heterocycles. The maximum Gasteiger partial charge on any atom is 0.227 e. The van der Waals surface area contributed by atoms with Gasteiger partial charge in [0.15, 0.2) is 11.6 Å². The van der Waals surface area contributed by atoms with Gasteiger partial charge in [-0.25, -0.2) is 4.39 Å². The normalized spacial score (nSPS) is 15.4. The lowest BCUT2D eigenvalue weighted by Gasteiger charge is -2.24. The van der Waals surface area contributed by atoms with Gasteiger partial charge < -0.3 is 10.1 Å². The number of methoxy groups -OCH3 is 1. The SMILES string of the molecule is COc1ccc(NC(=O)C2CCC2)cc1F. The molecule has 1 aromatic carbocycles. The number of anilines is 1. The molecule has 0 radical (unpaired) electrons. The minimum Gasteiger partial charge on any atom is -0.494 e. The Hall–Kier alpha value is -1.58. The van der Waals surface area contributed by atoms with Crippen LogP contribution in [0, 0.1) is 11.7 Å². The molecule has 0 aromatic heterocycles. The third-order valence-corrected chi connectivity index (χ3v) is 2.90. The summed E-state index contributed by atoms with van der Waals surface area (Å²) < 4.78 is 18.1. The lowest BCUT2D eigenvalue weighted by Crippen LogP contribution is -2.28. The first kappa shape index (κ1) is 10.9. The van der Waals surface area contributed by atoms with E-state index >= 15 is 0 Å². The lowest BCUT2D eigenvalue weighted by molar-refractivity contribution is -0.122. The van der Waals surface area contributed by atoms with Crippen LogP contribution in [-0.2, 0) is 4.79 Å². The van der Waals surface area contributed by atoms with Crippen LogP contribution in [0.2, 0.25) is 0 Å². The molecule has 0 saturated heterocycles. The molecular weight excluding hydrogens is 209 g/mol. The number of carbonyl (C=O) groups excluding carboxylic acids is 1. The second-order valence-electron chi connectivity index (χ2n) is 3.97. The first-order chi connectivity index (χ1) is 7.70. The van der Waals surface area contributed by atoms with Crippen LogP contribution in [0.3, 0.4) is 0 Å². The van der Waals surface area contributed by atoms with Crippen molar-refractivity contribution in [3.05, 3.63) is 24.0 Å². The quantitative estimate of drug-likeness (QED) is 0.855. The van der Waals surface area contributed by atoms with E-state index in [1.54, 1.807) is 6.07 Å². The van der Waals surface area contributed by atoms with Crippen LogP contribution in [0.25, 0.3) is 0 Å². The van der Waals surface area contributed by atoms with Crippen molar-refractivity contribution in [1.82, 2.24) is 0 Å². The molecule has 0 aliphatic heterocycles. The second kappa shape index (κ2) is 4.51. The van der Waals surface area contributed by atoms with Crippen LogP contribution in [0.1, 0.15) is 19.3 Å². The van der Waals surface area contributed by atoms with Crippen LogP contribution in [0.15, 0.2) is 18.2 Å². The molecule has 2 rings (SSSR count). The van der Waals surface area contributed by atoms with Gasteiger partial charge in [-0.3, -0.25) is 4.79 Å². The zero-order valence-electron chi connectivity index (χ0n) is 9.13. The number of halogens is 1. The second-order valence-corrected chi connectivity index (χ2v) is 3.97. The van der Waals surface area contributed by atoms with Crippen LogP contribution in [0.4, 0.5) is 10.1 Å². The van der Waals surface area contributed by atoms with E-state index in [0.29, 0.717) is 5.69 Å². The molecule has 0 unspecified atom stereocenters.